The van der Waals surface area contributed by atoms with Crippen LogP contribution in [0, 0.1) is 0 Å². The molecule has 0 aliphatic carbocycles. The molecule has 0 unspecified atom stereocenters. The van der Waals surface area contributed by atoms with E-state index in [1.54, 1.807) is 40.0 Å². The van der Waals surface area contributed by atoms with Gasteiger partial charge in [0.05, 0.1) is 19.0 Å². The van der Waals surface area contributed by atoms with Gasteiger partial charge in [-0.15, -0.1) is 0 Å². The van der Waals surface area contributed by atoms with E-state index in [9.17, 15) is 9.59 Å². The van der Waals surface area contributed by atoms with Crippen molar-refractivity contribution in [1.82, 2.24) is 19.6 Å². The number of hydrogen-bond acceptors (Lipinski definition) is 6. The number of anilines is 1. The van der Waals surface area contributed by atoms with Gasteiger partial charge in [0, 0.05) is 38.0 Å². The van der Waals surface area contributed by atoms with E-state index in [1.165, 1.54) is 13.2 Å². The third-order valence-corrected chi connectivity index (χ3v) is 4.15. The van der Waals surface area contributed by atoms with E-state index in [1.807, 2.05) is 19.2 Å². The summed E-state index contributed by atoms with van der Waals surface area (Å²) >= 11 is 0. The van der Waals surface area contributed by atoms with Crippen LogP contribution in [-0.4, -0.2) is 46.0 Å². The third kappa shape index (κ3) is 5.52. The van der Waals surface area contributed by atoms with E-state index < -0.39 is 6.09 Å². The number of nitrogens with one attached hydrogen (secondary N) is 1. The molecule has 29 heavy (non-hydrogen) atoms. The molecule has 0 saturated carbocycles. The van der Waals surface area contributed by atoms with Crippen LogP contribution in [0.4, 0.5) is 10.5 Å². The quantitative estimate of drug-likeness (QED) is 0.585. The molecule has 0 aliphatic heterocycles. The average Bonchev–Trinajstić information content (AvgIpc) is 3.19. The molecule has 0 radical (unpaired) electrons. The Balaban J connectivity index is 1.73. The average molecular weight is 397 g/mol. The molecule has 152 valence electrons. The summed E-state index contributed by atoms with van der Waals surface area (Å²) < 4.78 is 13.2. The first kappa shape index (κ1) is 20.3. The summed E-state index contributed by atoms with van der Waals surface area (Å²) in [5.74, 6) is 0. The van der Waals surface area contributed by atoms with Crippen molar-refractivity contribution in [2.45, 2.75) is 19.9 Å². The van der Waals surface area contributed by atoms with Crippen molar-refractivity contribution in [3.8, 4) is 5.69 Å². The summed E-state index contributed by atoms with van der Waals surface area (Å²) in [5.41, 5.74) is 2.44. The number of benzene rings is 1. The van der Waals surface area contributed by atoms with Gasteiger partial charge in [0.15, 0.2) is 0 Å². The predicted molar refractivity (Wildman–Crippen MR) is 107 cm³/mol. The summed E-state index contributed by atoms with van der Waals surface area (Å²) in [5, 5.41) is 11.3. The Bertz CT molecular complexity index is 1030. The molecule has 1 amide bonds. The Morgan fingerprint density at radius 2 is 2.10 bits per heavy atom. The Labute approximate surface area is 167 Å². The first-order valence-corrected chi connectivity index (χ1v) is 9.22. The van der Waals surface area contributed by atoms with Crippen LogP contribution < -0.4 is 10.7 Å². The smallest absolute Gasteiger partial charge is 0.411 e. The lowest BCUT2D eigenvalue weighted by Gasteiger charge is -2.09. The molecule has 1 N–H and O–H groups in total. The second-order valence-corrected chi connectivity index (χ2v) is 6.26. The van der Waals surface area contributed by atoms with Crippen LogP contribution in [0.5, 0.6) is 0 Å². The molecule has 3 rings (SSSR count). The highest BCUT2D eigenvalue weighted by Gasteiger charge is 2.09. The first-order valence-electron chi connectivity index (χ1n) is 9.22. The van der Waals surface area contributed by atoms with Crippen LogP contribution in [0.1, 0.15) is 18.2 Å². The molecule has 0 saturated heterocycles. The largest absolute Gasteiger partial charge is 0.447 e. The van der Waals surface area contributed by atoms with Crippen LogP contribution >= 0.6 is 0 Å². The molecule has 0 spiro atoms. The molecule has 9 heteroatoms. The Morgan fingerprint density at radius 1 is 1.24 bits per heavy atom. The van der Waals surface area contributed by atoms with Gasteiger partial charge in [-0.25, -0.2) is 9.48 Å². The van der Waals surface area contributed by atoms with Crippen LogP contribution in [0.2, 0.25) is 0 Å². The minimum Gasteiger partial charge on any atom is -0.447 e. The molecular formula is C20H23N5O4. The van der Waals surface area contributed by atoms with Gasteiger partial charge in [0.1, 0.15) is 18.0 Å². The van der Waals surface area contributed by atoms with Crippen molar-refractivity contribution < 1.29 is 14.3 Å². The van der Waals surface area contributed by atoms with E-state index in [0.29, 0.717) is 24.4 Å². The number of carbonyl (C=O) groups excluding carboxylic acids is 1. The Morgan fingerprint density at radius 3 is 2.86 bits per heavy atom. The van der Waals surface area contributed by atoms with E-state index in [4.69, 9.17) is 9.47 Å². The lowest BCUT2D eigenvalue weighted by Crippen LogP contribution is -2.17. The second-order valence-electron chi connectivity index (χ2n) is 6.26. The van der Waals surface area contributed by atoms with Gasteiger partial charge in [-0.3, -0.25) is 14.8 Å². The summed E-state index contributed by atoms with van der Waals surface area (Å²) in [6.45, 7) is 3.25. The third-order valence-electron chi connectivity index (χ3n) is 4.15. The number of nitrogens with zero attached hydrogens (tertiary/aromatic N) is 4. The minimum absolute atomic E-state index is 0.151. The lowest BCUT2D eigenvalue weighted by atomic mass is 10.1. The zero-order valence-corrected chi connectivity index (χ0v) is 16.4. The van der Waals surface area contributed by atoms with E-state index in [2.05, 4.69) is 15.5 Å². The van der Waals surface area contributed by atoms with Gasteiger partial charge < -0.3 is 9.47 Å². The summed E-state index contributed by atoms with van der Waals surface area (Å²) in [7, 11) is 1.53. The molecule has 0 bridgehead atoms. The van der Waals surface area contributed by atoms with E-state index in [0.717, 1.165) is 17.8 Å². The highest BCUT2D eigenvalue weighted by atomic mass is 16.6. The predicted octanol–water partition coefficient (Wildman–Crippen LogP) is 2.23. The molecule has 2 heterocycles. The van der Waals surface area contributed by atoms with Crippen molar-refractivity contribution in [3.05, 3.63) is 70.4 Å². The van der Waals surface area contributed by atoms with Gasteiger partial charge >= 0.3 is 6.09 Å². The Hall–Kier alpha value is -3.46. The fourth-order valence-electron chi connectivity index (χ4n) is 2.68. The monoisotopic (exact) mass is 397 g/mol. The topological polar surface area (TPSA) is 100 Å². The van der Waals surface area contributed by atoms with Gasteiger partial charge in [0.25, 0.3) is 0 Å². The van der Waals surface area contributed by atoms with Crippen molar-refractivity contribution in [2.75, 3.05) is 25.6 Å². The fraction of sp³-hybridized carbons (Fsp3) is 0.300. The van der Waals surface area contributed by atoms with Crippen LogP contribution in [0.25, 0.3) is 5.69 Å². The fourth-order valence-corrected chi connectivity index (χ4v) is 2.68. The zero-order valence-electron chi connectivity index (χ0n) is 16.4. The number of aryl methyl sites for hydroxylation is 1. The summed E-state index contributed by atoms with van der Waals surface area (Å²) in [6.07, 6.45) is 4.95. The normalized spacial score (nSPS) is 10.7. The number of hydrogen-bond donors (Lipinski definition) is 1. The zero-order chi connectivity index (χ0) is 20.6. The van der Waals surface area contributed by atoms with Crippen molar-refractivity contribution in [1.29, 1.82) is 0 Å². The lowest BCUT2D eigenvalue weighted by molar-refractivity contribution is 0.107. The molecule has 1 aromatic carbocycles. The minimum atomic E-state index is -0.563. The van der Waals surface area contributed by atoms with Gasteiger partial charge in [-0.05, 0) is 24.6 Å². The maximum Gasteiger partial charge on any atom is 0.411 e. The SMILES string of the molecule is CCn1cc(-n2ccc(=O)c(Cc3cccc(NC(=O)OCCOC)c3)n2)cn1. The van der Waals surface area contributed by atoms with Crippen LogP contribution in [0.3, 0.4) is 0 Å². The van der Waals surface area contributed by atoms with Crippen molar-refractivity contribution in [3.63, 3.8) is 0 Å². The van der Waals surface area contributed by atoms with Gasteiger partial charge in [0.2, 0.25) is 5.43 Å². The maximum atomic E-state index is 12.3. The molecule has 0 aliphatic rings. The molecular weight excluding hydrogens is 374 g/mol. The first-order chi connectivity index (χ1) is 14.1. The number of methoxy groups -OCH3 is 1. The number of amides is 1. The highest BCUT2D eigenvalue weighted by Crippen LogP contribution is 2.13. The van der Waals surface area contributed by atoms with Gasteiger partial charge in [-0.1, -0.05) is 12.1 Å². The highest BCUT2D eigenvalue weighted by molar-refractivity contribution is 5.84. The van der Waals surface area contributed by atoms with E-state index in [-0.39, 0.29) is 12.0 Å². The molecule has 9 nitrogen and oxygen atoms in total. The van der Waals surface area contributed by atoms with Gasteiger partial charge in [-0.2, -0.15) is 10.2 Å². The molecule has 0 atom stereocenters. The number of ether oxygens (including phenoxy) is 2. The number of carbonyl (C=O) groups is 1. The number of rotatable bonds is 8. The van der Waals surface area contributed by atoms with Crippen molar-refractivity contribution >= 4 is 11.8 Å². The standard InChI is InChI=1S/C20H23N5O4/c1-3-24-14-17(13-21-24)25-8-7-19(26)18(23-25)12-15-5-4-6-16(11-15)22-20(27)29-10-9-28-2/h4-8,11,13-14H,3,9-10,12H2,1-2H3,(H,22,27). The maximum absolute atomic E-state index is 12.3. The summed E-state index contributed by atoms with van der Waals surface area (Å²) in [6, 6.07) is 8.69. The molecule has 0 fully saturated rings. The number of aromatic nitrogens is 4. The van der Waals surface area contributed by atoms with E-state index >= 15 is 0 Å². The molecule has 3 aromatic rings. The Kier molecular flexibility index (Phi) is 6.75. The van der Waals surface area contributed by atoms with Crippen LogP contribution in [0.15, 0.2) is 53.7 Å². The molecule has 2 aromatic heterocycles. The second kappa shape index (κ2) is 9.65. The van der Waals surface area contributed by atoms with Crippen molar-refractivity contribution in [2.24, 2.45) is 0 Å². The summed E-state index contributed by atoms with van der Waals surface area (Å²) in [4.78, 5) is 24.1. The van der Waals surface area contributed by atoms with Crippen LogP contribution in [-0.2, 0) is 22.4 Å².